The Bertz CT molecular complexity index is 941. The number of ether oxygens (including phenoxy) is 1. The van der Waals surface area contributed by atoms with Crippen LogP contribution in [0.2, 0.25) is 5.02 Å². The van der Waals surface area contributed by atoms with E-state index in [4.69, 9.17) is 16.3 Å². The highest BCUT2D eigenvalue weighted by Gasteiger charge is 2.14. The first kappa shape index (κ1) is 17.9. The fourth-order valence-electron chi connectivity index (χ4n) is 2.44. The highest BCUT2D eigenvalue weighted by Crippen LogP contribution is 2.28. The lowest BCUT2D eigenvalue weighted by Gasteiger charge is -2.13. The van der Waals surface area contributed by atoms with Crippen LogP contribution in [0.15, 0.2) is 52.4 Å². The van der Waals surface area contributed by atoms with Gasteiger partial charge in [-0.3, -0.25) is 9.36 Å². The number of hydrogen-bond acceptors (Lipinski definition) is 4. The summed E-state index contributed by atoms with van der Waals surface area (Å²) in [5, 5.41) is 1.42. The molecule has 0 atom stereocenters. The molecule has 0 saturated heterocycles. The van der Waals surface area contributed by atoms with Crippen LogP contribution in [0.25, 0.3) is 10.9 Å². The number of methoxy groups -OCH3 is 1. The molecule has 25 heavy (non-hydrogen) atoms. The number of fused-ring (bicyclic) bond motifs is 1. The maximum atomic E-state index is 14.0. The van der Waals surface area contributed by atoms with Crippen LogP contribution in [0.1, 0.15) is 5.56 Å². The molecule has 0 aliphatic rings. The Morgan fingerprint density at radius 2 is 2.04 bits per heavy atom. The van der Waals surface area contributed by atoms with Crippen molar-refractivity contribution in [1.82, 2.24) is 9.55 Å². The van der Waals surface area contributed by atoms with Gasteiger partial charge in [0.25, 0.3) is 5.56 Å². The highest BCUT2D eigenvalue weighted by molar-refractivity contribution is 7.98. The Balaban J connectivity index is 2.00. The molecule has 3 rings (SSSR count). The zero-order chi connectivity index (χ0) is 17.8. The molecule has 2 aromatic carbocycles. The van der Waals surface area contributed by atoms with Gasteiger partial charge in [0.1, 0.15) is 5.82 Å². The predicted octanol–water partition coefficient (Wildman–Crippen LogP) is 4.13. The van der Waals surface area contributed by atoms with E-state index in [0.29, 0.717) is 39.8 Å². The third-order valence-electron chi connectivity index (χ3n) is 3.75. The van der Waals surface area contributed by atoms with Crippen molar-refractivity contribution in [1.29, 1.82) is 0 Å². The number of thioether (sulfide) groups is 1. The summed E-state index contributed by atoms with van der Waals surface area (Å²) in [6.45, 7) is 0.758. The second-order valence-corrected chi connectivity index (χ2v) is 6.70. The molecule has 0 spiro atoms. The van der Waals surface area contributed by atoms with Gasteiger partial charge in [0.15, 0.2) is 5.16 Å². The van der Waals surface area contributed by atoms with Gasteiger partial charge in [-0.1, -0.05) is 41.6 Å². The summed E-state index contributed by atoms with van der Waals surface area (Å²) in [6, 6.07) is 11.7. The first-order chi connectivity index (χ1) is 12.1. The van der Waals surface area contributed by atoms with Gasteiger partial charge in [-0.15, -0.1) is 0 Å². The molecule has 0 aliphatic carbocycles. The molecule has 0 N–H and O–H groups in total. The molecular weight excluding hydrogens is 363 g/mol. The first-order valence-corrected chi connectivity index (χ1v) is 9.02. The number of hydrogen-bond donors (Lipinski definition) is 0. The molecule has 7 heteroatoms. The van der Waals surface area contributed by atoms with E-state index in [2.05, 4.69) is 4.98 Å². The summed E-state index contributed by atoms with van der Waals surface area (Å²) in [4.78, 5) is 17.3. The van der Waals surface area contributed by atoms with Crippen molar-refractivity contribution >= 4 is 34.3 Å². The van der Waals surface area contributed by atoms with Crippen molar-refractivity contribution in [2.24, 2.45) is 0 Å². The second kappa shape index (κ2) is 7.99. The number of aromatic nitrogens is 2. The Labute approximate surface area is 153 Å². The van der Waals surface area contributed by atoms with Crippen molar-refractivity contribution in [3.8, 4) is 0 Å². The van der Waals surface area contributed by atoms with E-state index in [0.717, 1.165) is 0 Å². The van der Waals surface area contributed by atoms with Gasteiger partial charge in [0.2, 0.25) is 0 Å². The Morgan fingerprint density at radius 3 is 2.80 bits per heavy atom. The molecule has 0 amide bonds. The zero-order valence-corrected chi connectivity index (χ0v) is 15.1. The highest BCUT2D eigenvalue weighted by atomic mass is 35.5. The van der Waals surface area contributed by atoms with Gasteiger partial charge in [0.05, 0.1) is 24.1 Å². The summed E-state index contributed by atoms with van der Waals surface area (Å²) in [6.07, 6.45) is 0. The molecule has 0 radical (unpaired) electrons. The van der Waals surface area contributed by atoms with Crippen LogP contribution < -0.4 is 5.56 Å². The minimum Gasteiger partial charge on any atom is -0.383 e. The number of para-hydroxylation sites is 1. The molecule has 0 saturated carbocycles. The van der Waals surface area contributed by atoms with Gasteiger partial charge in [-0.2, -0.15) is 0 Å². The van der Waals surface area contributed by atoms with Crippen molar-refractivity contribution < 1.29 is 9.13 Å². The average Bonchev–Trinajstić information content (AvgIpc) is 2.61. The molecule has 1 heterocycles. The third kappa shape index (κ3) is 3.86. The molecule has 0 fully saturated rings. The summed E-state index contributed by atoms with van der Waals surface area (Å²) in [5.74, 6) is -0.0879. The summed E-state index contributed by atoms with van der Waals surface area (Å²) in [7, 11) is 1.57. The lowest BCUT2D eigenvalue weighted by atomic mass is 10.2. The predicted molar refractivity (Wildman–Crippen MR) is 98.9 cm³/mol. The Hall–Kier alpha value is -1.89. The molecule has 3 aromatic rings. The third-order valence-corrected chi connectivity index (χ3v) is 5.11. The number of halogens is 2. The molecule has 130 valence electrons. The van der Waals surface area contributed by atoms with E-state index < -0.39 is 0 Å². The van der Waals surface area contributed by atoms with E-state index in [1.54, 1.807) is 42.0 Å². The van der Waals surface area contributed by atoms with Crippen molar-refractivity contribution in [3.05, 3.63) is 69.2 Å². The second-order valence-electron chi connectivity index (χ2n) is 5.35. The van der Waals surface area contributed by atoms with Crippen LogP contribution in [0, 0.1) is 5.82 Å². The quantitative estimate of drug-likeness (QED) is 0.478. The van der Waals surface area contributed by atoms with E-state index >= 15 is 0 Å². The fraction of sp³-hybridized carbons (Fsp3) is 0.222. The minimum atomic E-state index is -0.369. The fourth-order valence-corrected chi connectivity index (χ4v) is 3.81. The Morgan fingerprint density at radius 1 is 1.24 bits per heavy atom. The molecule has 0 unspecified atom stereocenters. The molecule has 4 nitrogen and oxygen atoms in total. The van der Waals surface area contributed by atoms with Crippen LogP contribution >= 0.6 is 23.4 Å². The SMILES string of the molecule is COCCn1c(SCc2c(F)cccc2Cl)nc2ccccc2c1=O. The van der Waals surface area contributed by atoms with Crippen LogP contribution in [-0.2, 0) is 17.0 Å². The summed E-state index contributed by atoms with van der Waals surface area (Å²) >= 11 is 7.36. The smallest absolute Gasteiger partial charge is 0.262 e. The van der Waals surface area contributed by atoms with E-state index in [9.17, 15) is 9.18 Å². The normalized spacial score (nSPS) is 11.2. The van der Waals surface area contributed by atoms with Gasteiger partial charge in [-0.05, 0) is 24.3 Å². The number of benzene rings is 2. The van der Waals surface area contributed by atoms with Crippen LogP contribution in [-0.4, -0.2) is 23.3 Å². The maximum Gasteiger partial charge on any atom is 0.262 e. The molecule has 0 bridgehead atoms. The van der Waals surface area contributed by atoms with Crippen molar-refractivity contribution in [2.45, 2.75) is 17.5 Å². The van der Waals surface area contributed by atoms with Gasteiger partial charge in [-0.25, -0.2) is 9.37 Å². The van der Waals surface area contributed by atoms with Crippen LogP contribution in [0.5, 0.6) is 0 Å². The van der Waals surface area contributed by atoms with E-state index in [1.165, 1.54) is 17.8 Å². The standard InChI is InChI=1S/C18H16ClFN2O2S/c1-24-10-9-22-17(23)12-5-2-3-8-16(12)21-18(22)25-11-13-14(19)6-4-7-15(13)20/h2-8H,9-11H2,1H3. The average molecular weight is 379 g/mol. The summed E-state index contributed by atoms with van der Waals surface area (Å²) in [5.41, 5.74) is 0.878. The maximum absolute atomic E-state index is 14.0. The van der Waals surface area contributed by atoms with E-state index in [1.807, 2.05) is 6.07 Å². The van der Waals surface area contributed by atoms with Crippen molar-refractivity contribution in [2.75, 3.05) is 13.7 Å². The van der Waals surface area contributed by atoms with Gasteiger partial charge >= 0.3 is 0 Å². The molecule has 0 aliphatic heterocycles. The van der Waals surface area contributed by atoms with Crippen molar-refractivity contribution in [3.63, 3.8) is 0 Å². The first-order valence-electron chi connectivity index (χ1n) is 7.66. The number of nitrogens with zero attached hydrogens (tertiary/aromatic N) is 2. The molecule has 1 aromatic heterocycles. The lowest BCUT2D eigenvalue weighted by Crippen LogP contribution is -2.25. The molecular formula is C18H16ClFN2O2S. The lowest BCUT2D eigenvalue weighted by molar-refractivity contribution is 0.183. The van der Waals surface area contributed by atoms with Crippen LogP contribution in [0.4, 0.5) is 4.39 Å². The number of rotatable bonds is 6. The Kier molecular flexibility index (Phi) is 5.73. The summed E-state index contributed by atoms with van der Waals surface area (Å²) < 4.78 is 20.6. The van der Waals surface area contributed by atoms with E-state index in [-0.39, 0.29) is 17.1 Å². The monoisotopic (exact) mass is 378 g/mol. The minimum absolute atomic E-state index is 0.134. The largest absolute Gasteiger partial charge is 0.383 e. The topological polar surface area (TPSA) is 44.1 Å². The zero-order valence-electron chi connectivity index (χ0n) is 13.5. The van der Waals surface area contributed by atoms with Gasteiger partial charge in [0, 0.05) is 23.4 Å². The van der Waals surface area contributed by atoms with Gasteiger partial charge < -0.3 is 4.74 Å². The van der Waals surface area contributed by atoms with Crippen LogP contribution in [0.3, 0.4) is 0 Å².